The first-order valence-electron chi connectivity index (χ1n) is 9.43. The maximum atomic E-state index is 11.8. The minimum Gasteiger partial charge on any atom is -0.445 e. The highest BCUT2D eigenvalue weighted by atomic mass is 16.5. The van der Waals surface area contributed by atoms with Crippen molar-refractivity contribution in [2.75, 3.05) is 6.54 Å². The molecule has 0 spiro atoms. The van der Waals surface area contributed by atoms with Crippen LogP contribution in [-0.2, 0) is 11.3 Å². The summed E-state index contributed by atoms with van der Waals surface area (Å²) in [6.45, 7) is 0.0171. The van der Waals surface area contributed by atoms with Crippen LogP contribution in [0.2, 0.25) is 0 Å². The molecule has 0 radical (unpaired) electrons. The molecule has 0 aliphatic heterocycles. The lowest BCUT2D eigenvalue weighted by Crippen LogP contribution is -2.35. The Morgan fingerprint density at radius 3 is 2.48 bits per heavy atom. The smallest absolute Gasteiger partial charge is 0.407 e. The molecule has 6 heteroatoms. The number of amides is 1. The number of fused-ring (bicyclic) bond motifs is 3. The van der Waals surface area contributed by atoms with E-state index < -0.39 is 18.3 Å². The lowest BCUT2D eigenvalue weighted by atomic mass is 10.0. The molecule has 1 heterocycles. The first-order valence-corrected chi connectivity index (χ1v) is 9.43. The Balaban J connectivity index is 1.37. The Bertz CT molecular complexity index is 1120. The minimum atomic E-state index is -1.16. The van der Waals surface area contributed by atoms with E-state index in [1.54, 1.807) is 6.07 Å². The number of H-pyrrole nitrogens is 1. The largest absolute Gasteiger partial charge is 0.445 e. The maximum Gasteiger partial charge on any atom is 0.407 e. The fourth-order valence-electron chi connectivity index (χ4n) is 3.35. The third kappa shape index (κ3) is 4.23. The van der Waals surface area contributed by atoms with Crippen molar-refractivity contribution in [3.05, 3.63) is 83.9 Å². The van der Waals surface area contributed by atoms with Gasteiger partial charge >= 0.3 is 6.09 Å². The standard InChI is InChI=1S/C23H22N2O4/c26-21(13-24-23(28)29-14-15-6-2-1-3-7-15)22(27)16-10-11-20-18(12-16)17-8-4-5-9-19(17)25-20/h1-12,21-22,25-27H,13-14H2,(H,24,28). The molecule has 29 heavy (non-hydrogen) atoms. The first-order chi connectivity index (χ1) is 14.1. The molecule has 0 aliphatic carbocycles. The second kappa shape index (κ2) is 8.34. The van der Waals surface area contributed by atoms with Gasteiger partial charge in [-0.15, -0.1) is 0 Å². The van der Waals surface area contributed by atoms with Crippen LogP contribution >= 0.6 is 0 Å². The topological polar surface area (TPSA) is 94.6 Å². The molecule has 6 nitrogen and oxygen atoms in total. The fourth-order valence-corrected chi connectivity index (χ4v) is 3.35. The van der Waals surface area contributed by atoms with Crippen LogP contribution in [0.15, 0.2) is 72.8 Å². The number of nitrogens with one attached hydrogen (secondary N) is 2. The van der Waals surface area contributed by atoms with Gasteiger partial charge in [0, 0.05) is 28.4 Å². The number of aromatic nitrogens is 1. The summed E-state index contributed by atoms with van der Waals surface area (Å²) < 4.78 is 5.11. The quantitative estimate of drug-likeness (QED) is 0.404. The Morgan fingerprint density at radius 1 is 0.931 bits per heavy atom. The molecule has 4 rings (SSSR count). The molecule has 0 saturated carbocycles. The van der Waals surface area contributed by atoms with Crippen molar-refractivity contribution in [3.8, 4) is 0 Å². The summed E-state index contributed by atoms with van der Waals surface area (Å²) in [5.74, 6) is 0. The van der Waals surface area contributed by atoms with Crippen molar-refractivity contribution >= 4 is 27.9 Å². The molecule has 4 aromatic rings. The van der Waals surface area contributed by atoms with Gasteiger partial charge in [-0.25, -0.2) is 4.79 Å². The normalized spacial score (nSPS) is 13.3. The number of aromatic amines is 1. The number of rotatable bonds is 6. The van der Waals surface area contributed by atoms with Crippen LogP contribution in [0.25, 0.3) is 21.8 Å². The Morgan fingerprint density at radius 2 is 1.66 bits per heavy atom. The summed E-state index contributed by atoms with van der Waals surface area (Å²) in [5, 5.41) is 25.3. The summed E-state index contributed by atoms with van der Waals surface area (Å²) in [5.41, 5.74) is 3.42. The Kier molecular flexibility index (Phi) is 5.46. The second-order valence-electron chi connectivity index (χ2n) is 6.93. The van der Waals surface area contributed by atoms with Crippen molar-refractivity contribution < 1.29 is 19.7 Å². The van der Waals surface area contributed by atoms with Crippen LogP contribution in [0, 0.1) is 0 Å². The average molecular weight is 390 g/mol. The highest BCUT2D eigenvalue weighted by Crippen LogP contribution is 2.28. The van der Waals surface area contributed by atoms with Gasteiger partial charge in [0.2, 0.25) is 0 Å². The lowest BCUT2D eigenvalue weighted by Gasteiger charge is -2.19. The van der Waals surface area contributed by atoms with E-state index in [0.717, 1.165) is 27.4 Å². The van der Waals surface area contributed by atoms with Crippen molar-refractivity contribution in [1.29, 1.82) is 0 Å². The van der Waals surface area contributed by atoms with Gasteiger partial charge < -0.3 is 25.3 Å². The summed E-state index contributed by atoms with van der Waals surface area (Å²) >= 11 is 0. The molecule has 0 aliphatic rings. The van der Waals surface area contributed by atoms with Crippen LogP contribution in [0.3, 0.4) is 0 Å². The number of benzene rings is 3. The van der Waals surface area contributed by atoms with E-state index in [9.17, 15) is 15.0 Å². The number of aliphatic hydroxyl groups excluding tert-OH is 2. The SMILES string of the molecule is O=C(NCC(O)C(O)c1ccc2[nH]c3ccccc3c2c1)OCc1ccccc1. The number of para-hydroxylation sites is 1. The van der Waals surface area contributed by atoms with E-state index in [0.29, 0.717) is 5.56 Å². The van der Waals surface area contributed by atoms with Crippen LogP contribution in [0.5, 0.6) is 0 Å². The van der Waals surface area contributed by atoms with Gasteiger partial charge in [0.25, 0.3) is 0 Å². The van der Waals surface area contributed by atoms with Crippen molar-refractivity contribution in [1.82, 2.24) is 10.3 Å². The van der Waals surface area contributed by atoms with Crippen LogP contribution in [0.4, 0.5) is 4.79 Å². The number of hydrogen-bond acceptors (Lipinski definition) is 4. The maximum absolute atomic E-state index is 11.8. The Labute approximate surface area is 167 Å². The molecule has 1 aromatic heterocycles. The first kappa shape index (κ1) is 19.0. The van der Waals surface area contributed by atoms with Crippen LogP contribution in [0.1, 0.15) is 17.2 Å². The second-order valence-corrected chi connectivity index (χ2v) is 6.93. The van der Waals surface area contributed by atoms with Gasteiger partial charge in [-0.2, -0.15) is 0 Å². The van der Waals surface area contributed by atoms with E-state index >= 15 is 0 Å². The zero-order chi connectivity index (χ0) is 20.2. The van der Waals surface area contributed by atoms with Crippen molar-refractivity contribution in [2.24, 2.45) is 0 Å². The molecule has 2 unspecified atom stereocenters. The predicted molar refractivity (Wildman–Crippen MR) is 111 cm³/mol. The van der Waals surface area contributed by atoms with Gasteiger partial charge in [0.15, 0.2) is 0 Å². The van der Waals surface area contributed by atoms with Crippen molar-refractivity contribution in [2.45, 2.75) is 18.8 Å². The minimum absolute atomic E-state index is 0.124. The fraction of sp³-hybridized carbons (Fsp3) is 0.174. The van der Waals surface area contributed by atoms with Gasteiger partial charge in [0.05, 0.1) is 0 Å². The predicted octanol–water partition coefficient (Wildman–Crippen LogP) is 3.64. The van der Waals surface area contributed by atoms with Crippen LogP contribution in [-0.4, -0.2) is 33.9 Å². The highest BCUT2D eigenvalue weighted by Gasteiger charge is 2.20. The van der Waals surface area contributed by atoms with Crippen LogP contribution < -0.4 is 5.32 Å². The molecule has 0 saturated heterocycles. The Hall–Kier alpha value is -3.35. The summed E-state index contributed by atoms with van der Waals surface area (Å²) in [7, 11) is 0. The molecular weight excluding hydrogens is 368 g/mol. The number of ether oxygens (including phenoxy) is 1. The van der Waals surface area contributed by atoms with E-state index in [4.69, 9.17) is 4.74 Å². The van der Waals surface area contributed by atoms with E-state index in [1.165, 1.54) is 0 Å². The number of hydrogen-bond donors (Lipinski definition) is 4. The third-order valence-corrected chi connectivity index (χ3v) is 4.90. The van der Waals surface area contributed by atoms with E-state index in [2.05, 4.69) is 10.3 Å². The monoisotopic (exact) mass is 390 g/mol. The lowest BCUT2D eigenvalue weighted by molar-refractivity contribution is 0.0185. The number of carbonyl (C=O) groups is 1. The van der Waals surface area contributed by atoms with Gasteiger partial charge in [-0.3, -0.25) is 0 Å². The van der Waals surface area contributed by atoms with Gasteiger partial charge in [-0.05, 0) is 29.3 Å². The highest BCUT2D eigenvalue weighted by molar-refractivity contribution is 6.07. The number of alkyl carbamates (subject to hydrolysis) is 1. The molecular formula is C23H22N2O4. The molecule has 3 aromatic carbocycles. The summed E-state index contributed by atoms with van der Waals surface area (Å²) in [4.78, 5) is 15.2. The zero-order valence-electron chi connectivity index (χ0n) is 15.7. The van der Waals surface area contributed by atoms with Crippen molar-refractivity contribution in [3.63, 3.8) is 0 Å². The van der Waals surface area contributed by atoms with E-state index in [-0.39, 0.29) is 13.2 Å². The average Bonchev–Trinajstić information content (AvgIpc) is 3.14. The van der Waals surface area contributed by atoms with Gasteiger partial charge in [0.1, 0.15) is 18.8 Å². The zero-order valence-corrected chi connectivity index (χ0v) is 15.7. The number of aliphatic hydroxyl groups is 2. The number of carbonyl (C=O) groups excluding carboxylic acids is 1. The molecule has 0 fully saturated rings. The molecule has 148 valence electrons. The summed E-state index contributed by atoms with van der Waals surface area (Å²) in [6, 6.07) is 22.7. The summed E-state index contributed by atoms with van der Waals surface area (Å²) in [6.07, 6.45) is -2.95. The molecule has 0 bridgehead atoms. The molecule has 2 atom stereocenters. The van der Waals surface area contributed by atoms with Gasteiger partial charge in [-0.1, -0.05) is 54.6 Å². The molecule has 1 amide bonds. The van der Waals surface area contributed by atoms with E-state index in [1.807, 2.05) is 66.7 Å². The third-order valence-electron chi connectivity index (χ3n) is 4.90. The molecule has 4 N–H and O–H groups in total.